The van der Waals surface area contributed by atoms with Crippen LogP contribution in [0.3, 0.4) is 0 Å². The Morgan fingerprint density at radius 1 is 1.39 bits per heavy atom. The lowest BCUT2D eigenvalue weighted by Gasteiger charge is -2.30. The maximum atomic E-state index is 13.4. The van der Waals surface area contributed by atoms with Gasteiger partial charge in [0, 0.05) is 10.5 Å². The standard InChI is InChI=1S/C15H21BrFN/c1-2-18-15(8-11-4-3-5-11)9-12-6-13(16)10-14(17)7-12/h6-7,10-11,15,18H,2-5,8-9H2,1H3. The molecule has 1 fully saturated rings. The Morgan fingerprint density at radius 3 is 2.72 bits per heavy atom. The van der Waals surface area contributed by atoms with Gasteiger partial charge in [-0.2, -0.15) is 0 Å². The molecule has 0 spiro atoms. The average molecular weight is 314 g/mol. The molecule has 18 heavy (non-hydrogen) atoms. The van der Waals surface area contributed by atoms with Crippen LogP contribution in [0.4, 0.5) is 4.39 Å². The predicted octanol–water partition coefficient (Wildman–Crippen LogP) is 4.30. The summed E-state index contributed by atoms with van der Waals surface area (Å²) in [6.45, 7) is 3.11. The Balaban J connectivity index is 1.97. The summed E-state index contributed by atoms with van der Waals surface area (Å²) in [6, 6.07) is 5.66. The molecule has 0 heterocycles. The molecular weight excluding hydrogens is 293 g/mol. The Kier molecular flexibility index (Phi) is 5.19. The first-order chi connectivity index (χ1) is 8.67. The van der Waals surface area contributed by atoms with Crippen molar-refractivity contribution >= 4 is 15.9 Å². The molecule has 0 amide bonds. The lowest BCUT2D eigenvalue weighted by atomic mass is 9.80. The highest BCUT2D eigenvalue weighted by molar-refractivity contribution is 9.10. The van der Waals surface area contributed by atoms with Gasteiger partial charge in [-0.05, 0) is 49.1 Å². The minimum absolute atomic E-state index is 0.154. The summed E-state index contributed by atoms with van der Waals surface area (Å²) in [5.41, 5.74) is 1.08. The van der Waals surface area contributed by atoms with E-state index in [-0.39, 0.29) is 5.82 Å². The lowest BCUT2D eigenvalue weighted by molar-refractivity contribution is 0.260. The van der Waals surface area contributed by atoms with E-state index in [4.69, 9.17) is 0 Å². The number of hydrogen-bond donors (Lipinski definition) is 1. The minimum Gasteiger partial charge on any atom is -0.314 e. The zero-order valence-corrected chi connectivity index (χ0v) is 12.5. The molecule has 100 valence electrons. The maximum absolute atomic E-state index is 13.4. The largest absolute Gasteiger partial charge is 0.314 e. The van der Waals surface area contributed by atoms with E-state index in [9.17, 15) is 4.39 Å². The van der Waals surface area contributed by atoms with Gasteiger partial charge in [0.05, 0.1) is 0 Å². The van der Waals surface area contributed by atoms with Crippen LogP contribution in [0, 0.1) is 11.7 Å². The van der Waals surface area contributed by atoms with Crippen molar-refractivity contribution in [3.05, 3.63) is 34.1 Å². The Labute approximate surface area is 117 Å². The molecule has 1 saturated carbocycles. The third-order valence-corrected chi connectivity index (χ3v) is 4.20. The molecule has 0 saturated heterocycles. The molecule has 1 aliphatic rings. The fraction of sp³-hybridized carbons (Fsp3) is 0.600. The smallest absolute Gasteiger partial charge is 0.124 e. The molecule has 1 N–H and O–H groups in total. The Morgan fingerprint density at radius 2 is 2.17 bits per heavy atom. The van der Waals surface area contributed by atoms with Crippen LogP contribution in [0.5, 0.6) is 0 Å². The normalized spacial score (nSPS) is 17.5. The second kappa shape index (κ2) is 6.67. The molecule has 1 aliphatic carbocycles. The number of nitrogens with one attached hydrogen (secondary N) is 1. The molecule has 2 rings (SSSR count). The predicted molar refractivity (Wildman–Crippen MR) is 77.2 cm³/mol. The number of rotatable bonds is 6. The van der Waals surface area contributed by atoms with Crippen LogP contribution in [0.2, 0.25) is 0 Å². The van der Waals surface area contributed by atoms with Crippen molar-refractivity contribution < 1.29 is 4.39 Å². The van der Waals surface area contributed by atoms with Crippen LogP contribution in [0.25, 0.3) is 0 Å². The van der Waals surface area contributed by atoms with Crippen LogP contribution >= 0.6 is 15.9 Å². The first-order valence-electron chi connectivity index (χ1n) is 6.85. The van der Waals surface area contributed by atoms with Crippen molar-refractivity contribution in [2.24, 2.45) is 5.92 Å². The van der Waals surface area contributed by atoms with Gasteiger partial charge in [0.2, 0.25) is 0 Å². The Bertz CT molecular complexity index is 370. The van der Waals surface area contributed by atoms with Crippen molar-refractivity contribution in [2.75, 3.05) is 6.54 Å². The van der Waals surface area contributed by atoms with Crippen LogP contribution in [0.1, 0.15) is 38.2 Å². The summed E-state index contributed by atoms with van der Waals surface area (Å²) >= 11 is 3.36. The zero-order valence-electron chi connectivity index (χ0n) is 10.9. The fourth-order valence-corrected chi connectivity index (χ4v) is 3.18. The Hall–Kier alpha value is -0.410. The monoisotopic (exact) mass is 313 g/mol. The van der Waals surface area contributed by atoms with Gasteiger partial charge in [0.15, 0.2) is 0 Å². The second-order valence-electron chi connectivity index (χ2n) is 5.27. The molecule has 1 unspecified atom stereocenters. The second-order valence-corrected chi connectivity index (χ2v) is 6.18. The molecule has 0 aromatic heterocycles. The molecule has 1 atom stereocenters. The van der Waals surface area contributed by atoms with Crippen LogP contribution in [-0.4, -0.2) is 12.6 Å². The van der Waals surface area contributed by atoms with E-state index in [2.05, 4.69) is 28.2 Å². The van der Waals surface area contributed by atoms with E-state index in [1.165, 1.54) is 31.7 Å². The summed E-state index contributed by atoms with van der Waals surface area (Å²) in [5, 5.41) is 3.53. The third kappa shape index (κ3) is 4.06. The van der Waals surface area contributed by atoms with Gasteiger partial charge in [-0.25, -0.2) is 4.39 Å². The highest BCUT2D eigenvalue weighted by Gasteiger charge is 2.21. The molecule has 1 nitrogen and oxygen atoms in total. The van der Waals surface area contributed by atoms with E-state index in [1.54, 1.807) is 6.07 Å². The van der Waals surface area contributed by atoms with Crippen molar-refractivity contribution in [3.63, 3.8) is 0 Å². The summed E-state index contributed by atoms with van der Waals surface area (Å²) in [5.74, 6) is 0.726. The van der Waals surface area contributed by atoms with Crippen LogP contribution in [-0.2, 0) is 6.42 Å². The average Bonchev–Trinajstić information content (AvgIpc) is 2.22. The molecule has 1 aromatic rings. The first kappa shape index (κ1) is 14.0. The number of halogens is 2. The minimum atomic E-state index is -0.154. The van der Waals surface area contributed by atoms with Crippen LogP contribution in [0.15, 0.2) is 22.7 Å². The number of likely N-dealkylation sites (N-methyl/N-ethyl adjacent to an activating group) is 1. The van der Waals surface area contributed by atoms with E-state index in [0.717, 1.165) is 28.9 Å². The number of hydrogen-bond acceptors (Lipinski definition) is 1. The molecule has 1 aromatic carbocycles. The molecule has 0 bridgehead atoms. The van der Waals surface area contributed by atoms with Gasteiger partial charge in [-0.1, -0.05) is 42.1 Å². The summed E-state index contributed by atoms with van der Waals surface area (Å²) in [6.07, 6.45) is 6.27. The van der Waals surface area contributed by atoms with Crippen molar-refractivity contribution in [1.29, 1.82) is 0 Å². The maximum Gasteiger partial charge on any atom is 0.124 e. The van der Waals surface area contributed by atoms with Crippen molar-refractivity contribution in [2.45, 2.75) is 45.1 Å². The van der Waals surface area contributed by atoms with E-state index in [0.29, 0.717) is 6.04 Å². The third-order valence-electron chi connectivity index (χ3n) is 3.74. The quantitative estimate of drug-likeness (QED) is 0.825. The summed E-state index contributed by atoms with van der Waals surface area (Å²) in [7, 11) is 0. The van der Waals surface area contributed by atoms with Crippen molar-refractivity contribution in [1.82, 2.24) is 5.32 Å². The fourth-order valence-electron chi connectivity index (χ4n) is 2.67. The van der Waals surface area contributed by atoms with E-state index in [1.807, 2.05) is 6.07 Å². The summed E-state index contributed by atoms with van der Waals surface area (Å²) < 4.78 is 14.2. The van der Waals surface area contributed by atoms with Gasteiger partial charge in [-0.15, -0.1) is 0 Å². The SMILES string of the molecule is CCNC(Cc1cc(F)cc(Br)c1)CC1CCC1. The molecule has 3 heteroatoms. The van der Waals surface area contributed by atoms with Crippen LogP contribution < -0.4 is 5.32 Å². The van der Waals surface area contributed by atoms with Gasteiger partial charge >= 0.3 is 0 Å². The van der Waals surface area contributed by atoms with Gasteiger partial charge in [0.25, 0.3) is 0 Å². The highest BCUT2D eigenvalue weighted by Crippen LogP contribution is 2.31. The zero-order chi connectivity index (χ0) is 13.0. The van der Waals surface area contributed by atoms with Gasteiger partial charge < -0.3 is 5.32 Å². The van der Waals surface area contributed by atoms with Gasteiger partial charge in [-0.3, -0.25) is 0 Å². The van der Waals surface area contributed by atoms with E-state index < -0.39 is 0 Å². The number of benzene rings is 1. The first-order valence-corrected chi connectivity index (χ1v) is 7.65. The topological polar surface area (TPSA) is 12.0 Å². The van der Waals surface area contributed by atoms with Crippen molar-refractivity contribution in [3.8, 4) is 0 Å². The lowest BCUT2D eigenvalue weighted by Crippen LogP contribution is -2.34. The molecule has 0 radical (unpaired) electrons. The van der Waals surface area contributed by atoms with Gasteiger partial charge in [0.1, 0.15) is 5.82 Å². The molecular formula is C15H21BrFN. The highest BCUT2D eigenvalue weighted by atomic mass is 79.9. The molecule has 0 aliphatic heterocycles. The van der Waals surface area contributed by atoms with E-state index >= 15 is 0 Å². The summed E-state index contributed by atoms with van der Waals surface area (Å²) in [4.78, 5) is 0.